The van der Waals surface area contributed by atoms with Crippen LogP contribution >= 0.6 is 0 Å². The third-order valence-corrected chi connectivity index (χ3v) is 3.99. The van der Waals surface area contributed by atoms with E-state index in [2.05, 4.69) is 31.0 Å². The van der Waals surface area contributed by atoms with Crippen LogP contribution in [-0.2, 0) is 9.53 Å². The van der Waals surface area contributed by atoms with Crippen LogP contribution in [0.1, 0.15) is 47.0 Å². The van der Waals surface area contributed by atoms with Gasteiger partial charge in [0.2, 0.25) is 5.91 Å². The third kappa shape index (κ3) is 6.23. The molecule has 2 atom stereocenters. The molecule has 1 aliphatic heterocycles. The van der Waals surface area contributed by atoms with Crippen LogP contribution in [0.25, 0.3) is 0 Å². The highest BCUT2D eigenvalue weighted by Crippen LogP contribution is 2.13. The van der Waals surface area contributed by atoms with E-state index in [-0.39, 0.29) is 11.8 Å². The summed E-state index contributed by atoms with van der Waals surface area (Å²) in [6, 6.07) is 0.441. The summed E-state index contributed by atoms with van der Waals surface area (Å²) in [4.78, 5) is 14.5. The largest absolute Gasteiger partial charge is 0.379 e. The Kier molecular flexibility index (Phi) is 8.15. The Morgan fingerprint density at radius 1 is 1.25 bits per heavy atom. The molecule has 1 aliphatic rings. The van der Waals surface area contributed by atoms with Gasteiger partial charge < -0.3 is 10.1 Å². The molecule has 4 nitrogen and oxygen atoms in total. The average Bonchev–Trinajstić information content (AvgIpc) is 2.44. The Morgan fingerprint density at radius 3 is 2.45 bits per heavy atom. The molecule has 1 rings (SSSR count). The molecule has 0 aliphatic carbocycles. The minimum absolute atomic E-state index is 0.129. The standard InChI is InChI=1S/C16H32N2O2/c1-5-6-14(4)16(19)17-12-15(11-13(2)3)18-7-9-20-10-8-18/h13-15H,5-12H2,1-4H3,(H,17,19). The third-order valence-electron chi connectivity index (χ3n) is 3.99. The number of nitrogens with zero attached hydrogens (tertiary/aromatic N) is 1. The number of carbonyl (C=O) groups is 1. The van der Waals surface area contributed by atoms with Crippen LogP contribution in [0, 0.1) is 11.8 Å². The molecule has 0 aromatic carbocycles. The summed E-state index contributed by atoms with van der Waals surface area (Å²) in [5, 5.41) is 3.15. The Hall–Kier alpha value is -0.610. The fraction of sp³-hybridized carbons (Fsp3) is 0.938. The van der Waals surface area contributed by atoms with Crippen molar-refractivity contribution >= 4 is 5.91 Å². The van der Waals surface area contributed by atoms with Crippen molar-refractivity contribution in [2.75, 3.05) is 32.8 Å². The second-order valence-electron chi connectivity index (χ2n) is 6.37. The summed E-state index contributed by atoms with van der Waals surface area (Å²) < 4.78 is 5.42. The number of morpholine rings is 1. The number of ether oxygens (including phenoxy) is 1. The van der Waals surface area contributed by atoms with E-state index in [0.29, 0.717) is 12.0 Å². The summed E-state index contributed by atoms with van der Waals surface area (Å²) in [7, 11) is 0. The molecule has 0 saturated carbocycles. The Bertz CT molecular complexity index is 276. The molecular formula is C16H32N2O2. The van der Waals surface area contributed by atoms with E-state index in [4.69, 9.17) is 4.74 Å². The van der Waals surface area contributed by atoms with Gasteiger partial charge in [-0.05, 0) is 18.8 Å². The van der Waals surface area contributed by atoms with E-state index in [0.717, 1.165) is 52.1 Å². The van der Waals surface area contributed by atoms with Gasteiger partial charge in [-0.2, -0.15) is 0 Å². The zero-order chi connectivity index (χ0) is 15.0. The predicted octanol–water partition coefficient (Wildman–Crippen LogP) is 2.29. The van der Waals surface area contributed by atoms with Crippen LogP contribution in [0.5, 0.6) is 0 Å². The second kappa shape index (κ2) is 9.35. The van der Waals surface area contributed by atoms with Crippen molar-refractivity contribution < 1.29 is 9.53 Å². The molecule has 0 aromatic heterocycles. The minimum atomic E-state index is 0.129. The lowest BCUT2D eigenvalue weighted by molar-refractivity contribution is -0.125. The molecular weight excluding hydrogens is 252 g/mol. The molecule has 4 heteroatoms. The molecule has 1 amide bonds. The quantitative estimate of drug-likeness (QED) is 0.743. The molecule has 20 heavy (non-hydrogen) atoms. The summed E-state index contributed by atoms with van der Waals surface area (Å²) in [5.74, 6) is 0.978. The van der Waals surface area contributed by atoms with E-state index >= 15 is 0 Å². The van der Waals surface area contributed by atoms with Crippen molar-refractivity contribution in [3.05, 3.63) is 0 Å². The number of nitrogens with one attached hydrogen (secondary N) is 1. The molecule has 2 unspecified atom stereocenters. The summed E-state index contributed by atoms with van der Waals surface area (Å²) >= 11 is 0. The summed E-state index contributed by atoms with van der Waals surface area (Å²) in [6.45, 7) is 13.0. The van der Waals surface area contributed by atoms with Gasteiger partial charge in [-0.3, -0.25) is 9.69 Å². The van der Waals surface area contributed by atoms with Crippen molar-refractivity contribution in [1.29, 1.82) is 0 Å². The molecule has 0 radical (unpaired) electrons. The lowest BCUT2D eigenvalue weighted by Gasteiger charge is -2.35. The highest BCUT2D eigenvalue weighted by atomic mass is 16.5. The molecule has 1 heterocycles. The maximum absolute atomic E-state index is 12.1. The minimum Gasteiger partial charge on any atom is -0.379 e. The van der Waals surface area contributed by atoms with Gasteiger partial charge in [0, 0.05) is 31.6 Å². The van der Waals surface area contributed by atoms with Gasteiger partial charge >= 0.3 is 0 Å². The molecule has 1 saturated heterocycles. The van der Waals surface area contributed by atoms with Gasteiger partial charge in [0.15, 0.2) is 0 Å². The smallest absolute Gasteiger partial charge is 0.222 e. The lowest BCUT2D eigenvalue weighted by atomic mass is 10.0. The van der Waals surface area contributed by atoms with Crippen molar-refractivity contribution in [2.24, 2.45) is 11.8 Å². The first-order chi connectivity index (χ1) is 9.54. The monoisotopic (exact) mass is 284 g/mol. The molecule has 118 valence electrons. The van der Waals surface area contributed by atoms with Crippen LogP contribution in [0.3, 0.4) is 0 Å². The van der Waals surface area contributed by atoms with Gasteiger partial charge in [0.25, 0.3) is 0 Å². The molecule has 0 bridgehead atoms. The van der Waals surface area contributed by atoms with Crippen molar-refractivity contribution in [2.45, 2.75) is 53.0 Å². The maximum Gasteiger partial charge on any atom is 0.222 e. The van der Waals surface area contributed by atoms with Gasteiger partial charge in [0.1, 0.15) is 0 Å². The van der Waals surface area contributed by atoms with Crippen LogP contribution in [0.4, 0.5) is 0 Å². The van der Waals surface area contributed by atoms with Crippen LogP contribution in [-0.4, -0.2) is 49.7 Å². The van der Waals surface area contributed by atoms with Crippen LogP contribution in [0.15, 0.2) is 0 Å². The van der Waals surface area contributed by atoms with E-state index < -0.39 is 0 Å². The molecule has 1 N–H and O–H groups in total. The van der Waals surface area contributed by atoms with Crippen molar-refractivity contribution in [3.63, 3.8) is 0 Å². The molecule has 1 fully saturated rings. The summed E-state index contributed by atoms with van der Waals surface area (Å²) in [6.07, 6.45) is 3.16. The first kappa shape index (κ1) is 17.4. The highest BCUT2D eigenvalue weighted by Gasteiger charge is 2.23. The Labute approximate surface area is 124 Å². The topological polar surface area (TPSA) is 41.6 Å². The SMILES string of the molecule is CCCC(C)C(=O)NCC(CC(C)C)N1CCOCC1. The van der Waals surface area contributed by atoms with Gasteiger partial charge in [-0.15, -0.1) is 0 Å². The molecule has 0 aromatic rings. The lowest BCUT2D eigenvalue weighted by Crippen LogP contribution is -2.49. The Balaban J connectivity index is 2.45. The molecule has 0 spiro atoms. The zero-order valence-electron chi connectivity index (χ0n) is 13.7. The maximum atomic E-state index is 12.1. The van der Waals surface area contributed by atoms with Gasteiger partial charge in [-0.25, -0.2) is 0 Å². The van der Waals surface area contributed by atoms with Crippen molar-refractivity contribution in [3.8, 4) is 0 Å². The van der Waals surface area contributed by atoms with Gasteiger partial charge in [-0.1, -0.05) is 34.1 Å². The first-order valence-corrected chi connectivity index (χ1v) is 8.14. The summed E-state index contributed by atoms with van der Waals surface area (Å²) in [5.41, 5.74) is 0. The van der Waals surface area contributed by atoms with E-state index in [1.54, 1.807) is 0 Å². The normalized spacial score (nSPS) is 19.9. The fourth-order valence-electron chi connectivity index (χ4n) is 2.81. The number of hydrogen-bond donors (Lipinski definition) is 1. The Morgan fingerprint density at radius 2 is 1.90 bits per heavy atom. The number of carbonyl (C=O) groups excluding carboxylic acids is 1. The fourth-order valence-corrected chi connectivity index (χ4v) is 2.81. The number of amides is 1. The van der Waals surface area contributed by atoms with Crippen molar-refractivity contribution in [1.82, 2.24) is 10.2 Å². The van der Waals surface area contributed by atoms with Crippen LogP contribution in [0.2, 0.25) is 0 Å². The number of hydrogen-bond acceptors (Lipinski definition) is 3. The average molecular weight is 284 g/mol. The van der Waals surface area contributed by atoms with Gasteiger partial charge in [0.05, 0.1) is 13.2 Å². The zero-order valence-corrected chi connectivity index (χ0v) is 13.7. The number of rotatable bonds is 8. The second-order valence-corrected chi connectivity index (χ2v) is 6.37. The highest BCUT2D eigenvalue weighted by molar-refractivity contribution is 5.78. The van der Waals surface area contributed by atoms with E-state index in [1.165, 1.54) is 0 Å². The van der Waals surface area contributed by atoms with Crippen LogP contribution < -0.4 is 5.32 Å². The predicted molar refractivity (Wildman–Crippen MR) is 82.7 cm³/mol. The first-order valence-electron chi connectivity index (χ1n) is 8.14. The van der Waals surface area contributed by atoms with E-state index in [9.17, 15) is 4.79 Å². The van der Waals surface area contributed by atoms with E-state index in [1.807, 2.05) is 6.92 Å².